The lowest BCUT2D eigenvalue weighted by Crippen LogP contribution is -2.23. The molecule has 0 heterocycles. The number of anilines is 1. The molecule has 0 fully saturated rings. The highest BCUT2D eigenvalue weighted by Gasteiger charge is 2.11. The van der Waals surface area contributed by atoms with E-state index in [0.717, 1.165) is 16.8 Å². The topological polar surface area (TPSA) is 72.3 Å². The number of nitrogens with two attached hydrogens (primary N) is 2. The first-order valence-corrected chi connectivity index (χ1v) is 4.32. The van der Waals surface area contributed by atoms with Crippen LogP contribution in [0.25, 0.3) is 0 Å². The highest BCUT2D eigenvalue weighted by atomic mass is 16.3. The van der Waals surface area contributed by atoms with E-state index in [-0.39, 0.29) is 6.04 Å². The summed E-state index contributed by atoms with van der Waals surface area (Å²) in [5.74, 6) is 0. The van der Waals surface area contributed by atoms with Gasteiger partial charge in [0.05, 0.1) is 12.1 Å². The number of benzene rings is 1. The van der Waals surface area contributed by atoms with E-state index in [1.54, 1.807) is 6.92 Å². The summed E-state index contributed by atoms with van der Waals surface area (Å²) in [5, 5.41) is 9.28. The van der Waals surface area contributed by atoms with Crippen molar-refractivity contribution < 1.29 is 5.11 Å². The average molecular weight is 180 g/mol. The van der Waals surface area contributed by atoms with Gasteiger partial charge in [0.2, 0.25) is 0 Å². The Bertz CT molecular complexity index is 297. The predicted molar refractivity (Wildman–Crippen MR) is 54.2 cm³/mol. The summed E-state index contributed by atoms with van der Waals surface area (Å²) in [4.78, 5) is 0. The molecule has 0 radical (unpaired) electrons. The van der Waals surface area contributed by atoms with Crippen LogP contribution in [0, 0.1) is 6.92 Å². The van der Waals surface area contributed by atoms with Crippen molar-refractivity contribution in [3.63, 3.8) is 0 Å². The van der Waals surface area contributed by atoms with Gasteiger partial charge in [-0.3, -0.25) is 0 Å². The molecule has 1 aromatic carbocycles. The van der Waals surface area contributed by atoms with E-state index in [0.29, 0.717) is 0 Å². The summed E-state index contributed by atoms with van der Waals surface area (Å²) in [5.41, 5.74) is 14.1. The van der Waals surface area contributed by atoms with Gasteiger partial charge in [-0.15, -0.1) is 0 Å². The number of aliphatic hydroxyl groups excluding tert-OH is 1. The molecule has 1 aromatic rings. The molecular weight excluding hydrogens is 164 g/mol. The fourth-order valence-corrected chi connectivity index (χ4v) is 1.18. The van der Waals surface area contributed by atoms with Gasteiger partial charge in [0.1, 0.15) is 0 Å². The van der Waals surface area contributed by atoms with Gasteiger partial charge < -0.3 is 16.6 Å². The van der Waals surface area contributed by atoms with Crippen LogP contribution in [-0.4, -0.2) is 11.2 Å². The van der Waals surface area contributed by atoms with E-state index < -0.39 is 6.10 Å². The van der Waals surface area contributed by atoms with E-state index in [9.17, 15) is 5.11 Å². The van der Waals surface area contributed by atoms with Gasteiger partial charge in [0.25, 0.3) is 0 Å². The molecule has 0 aliphatic carbocycles. The maximum Gasteiger partial charge on any atom is 0.0704 e. The van der Waals surface area contributed by atoms with Crippen molar-refractivity contribution in [2.75, 3.05) is 5.73 Å². The zero-order valence-corrected chi connectivity index (χ0v) is 7.99. The summed E-state index contributed by atoms with van der Waals surface area (Å²) in [6, 6.07) is 5.23. The standard InChI is InChI=1S/C10H16N2O/c1-6-5-8(3-4-9(6)11)10(12)7(2)13/h3-5,7,10,13H,11-12H2,1-2H3/t7?,10-/m1/s1. The third-order valence-electron chi connectivity index (χ3n) is 2.20. The van der Waals surface area contributed by atoms with Gasteiger partial charge in [0.15, 0.2) is 0 Å². The number of rotatable bonds is 2. The first kappa shape index (κ1) is 10.0. The summed E-state index contributed by atoms with van der Waals surface area (Å²) in [7, 11) is 0. The van der Waals surface area contributed by atoms with Crippen molar-refractivity contribution in [3.05, 3.63) is 29.3 Å². The van der Waals surface area contributed by atoms with E-state index in [1.165, 1.54) is 0 Å². The second-order valence-electron chi connectivity index (χ2n) is 3.38. The lowest BCUT2D eigenvalue weighted by atomic mass is 10.0. The van der Waals surface area contributed by atoms with Gasteiger partial charge in [-0.1, -0.05) is 12.1 Å². The number of hydrogen-bond acceptors (Lipinski definition) is 3. The van der Waals surface area contributed by atoms with Crippen LogP contribution in [0.5, 0.6) is 0 Å². The molecule has 3 heteroatoms. The summed E-state index contributed by atoms with van der Waals surface area (Å²) in [6.45, 7) is 3.60. The van der Waals surface area contributed by atoms with E-state index in [2.05, 4.69) is 0 Å². The molecule has 0 aliphatic heterocycles. The quantitative estimate of drug-likeness (QED) is 0.593. The minimum absolute atomic E-state index is 0.334. The van der Waals surface area contributed by atoms with E-state index in [1.807, 2.05) is 25.1 Å². The molecule has 0 aromatic heterocycles. The third-order valence-corrected chi connectivity index (χ3v) is 2.20. The first-order valence-electron chi connectivity index (χ1n) is 4.32. The monoisotopic (exact) mass is 180 g/mol. The fraction of sp³-hybridized carbons (Fsp3) is 0.400. The third kappa shape index (κ3) is 2.20. The summed E-state index contributed by atoms with van der Waals surface area (Å²) < 4.78 is 0. The molecular formula is C10H16N2O. The zero-order valence-electron chi connectivity index (χ0n) is 7.99. The predicted octanol–water partition coefficient (Wildman–Crippen LogP) is 0.958. The van der Waals surface area contributed by atoms with Crippen LogP contribution in [0.15, 0.2) is 18.2 Å². The molecule has 0 bridgehead atoms. The maximum atomic E-state index is 9.28. The number of aryl methyl sites for hydroxylation is 1. The van der Waals surface area contributed by atoms with E-state index >= 15 is 0 Å². The smallest absolute Gasteiger partial charge is 0.0704 e. The van der Waals surface area contributed by atoms with Gasteiger partial charge in [-0.2, -0.15) is 0 Å². The Morgan fingerprint density at radius 2 is 2.00 bits per heavy atom. The Labute approximate surface area is 78.4 Å². The molecule has 0 saturated heterocycles. The van der Waals surface area contributed by atoms with Gasteiger partial charge in [0, 0.05) is 5.69 Å². The molecule has 13 heavy (non-hydrogen) atoms. The Morgan fingerprint density at radius 1 is 1.38 bits per heavy atom. The highest BCUT2D eigenvalue weighted by Crippen LogP contribution is 2.19. The Hall–Kier alpha value is -1.06. The SMILES string of the molecule is Cc1cc([C@H](N)C(C)O)ccc1N. The van der Waals surface area contributed by atoms with Crippen LogP contribution in [0.4, 0.5) is 5.69 Å². The number of hydrogen-bond donors (Lipinski definition) is 3. The minimum Gasteiger partial charge on any atom is -0.399 e. The first-order chi connectivity index (χ1) is 6.02. The largest absolute Gasteiger partial charge is 0.399 e. The Morgan fingerprint density at radius 3 is 2.46 bits per heavy atom. The van der Waals surface area contributed by atoms with Crippen LogP contribution in [0.1, 0.15) is 24.1 Å². The molecule has 1 rings (SSSR count). The summed E-state index contributed by atoms with van der Waals surface area (Å²) >= 11 is 0. The van der Waals surface area contributed by atoms with Gasteiger partial charge in [-0.25, -0.2) is 0 Å². The summed E-state index contributed by atoms with van der Waals surface area (Å²) in [6.07, 6.45) is -0.539. The van der Waals surface area contributed by atoms with Crippen molar-refractivity contribution in [1.82, 2.24) is 0 Å². The second-order valence-corrected chi connectivity index (χ2v) is 3.38. The zero-order chi connectivity index (χ0) is 10.0. The molecule has 1 unspecified atom stereocenters. The lowest BCUT2D eigenvalue weighted by Gasteiger charge is -2.15. The normalized spacial score (nSPS) is 15.4. The van der Waals surface area contributed by atoms with Crippen molar-refractivity contribution in [2.45, 2.75) is 26.0 Å². The molecule has 72 valence electrons. The van der Waals surface area contributed by atoms with Crippen molar-refractivity contribution >= 4 is 5.69 Å². The maximum absolute atomic E-state index is 9.28. The molecule has 5 N–H and O–H groups in total. The number of nitrogen functional groups attached to an aromatic ring is 1. The van der Waals surface area contributed by atoms with Crippen molar-refractivity contribution in [2.24, 2.45) is 5.73 Å². The molecule has 0 aliphatic rings. The van der Waals surface area contributed by atoms with Crippen molar-refractivity contribution in [3.8, 4) is 0 Å². The molecule has 0 amide bonds. The van der Waals surface area contributed by atoms with Crippen LogP contribution >= 0.6 is 0 Å². The molecule has 0 saturated carbocycles. The molecule has 3 nitrogen and oxygen atoms in total. The van der Waals surface area contributed by atoms with Gasteiger partial charge >= 0.3 is 0 Å². The molecule has 0 spiro atoms. The Kier molecular flexibility index (Phi) is 2.90. The van der Waals surface area contributed by atoms with Crippen LogP contribution in [-0.2, 0) is 0 Å². The van der Waals surface area contributed by atoms with Crippen molar-refractivity contribution in [1.29, 1.82) is 0 Å². The fourth-order valence-electron chi connectivity index (χ4n) is 1.18. The lowest BCUT2D eigenvalue weighted by molar-refractivity contribution is 0.164. The second kappa shape index (κ2) is 3.77. The van der Waals surface area contributed by atoms with Crippen LogP contribution in [0.2, 0.25) is 0 Å². The highest BCUT2D eigenvalue weighted by molar-refractivity contribution is 5.48. The molecule has 2 atom stereocenters. The number of aliphatic hydroxyl groups is 1. The van der Waals surface area contributed by atoms with Crippen LogP contribution in [0.3, 0.4) is 0 Å². The minimum atomic E-state index is -0.539. The average Bonchev–Trinajstić information content (AvgIpc) is 2.08. The Balaban J connectivity index is 2.97. The van der Waals surface area contributed by atoms with E-state index in [4.69, 9.17) is 11.5 Å². The van der Waals surface area contributed by atoms with Gasteiger partial charge in [-0.05, 0) is 31.0 Å². The van der Waals surface area contributed by atoms with Crippen LogP contribution < -0.4 is 11.5 Å².